The molecular formula is C30H28ClN5O9S2. The minimum Gasteiger partial charge on any atom is -0.448 e. The molecule has 3 heterocycles. The predicted molar refractivity (Wildman–Crippen MR) is 171 cm³/mol. The maximum absolute atomic E-state index is 14.1. The topological polar surface area (TPSA) is 175 Å². The van der Waals surface area contributed by atoms with E-state index in [2.05, 4.69) is 20.8 Å². The van der Waals surface area contributed by atoms with Crippen LogP contribution in [0.5, 0.6) is 0 Å². The highest BCUT2D eigenvalue weighted by Gasteiger charge is 2.64. The fourth-order valence-electron chi connectivity index (χ4n) is 4.84. The minimum atomic E-state index is -2.27. The van der Waals surface area contributed by atoms with Gasteiger partial charge in [0.25, 0.3) is 11.8 Å². The van der Waals surface area contributed by atoms with Gasteiger partial charge >= 0.3 is 17.7 Å². The van der Waals surface area contributed by atoms with E-state index >= 15 is 0 Å². The number of thiazole rings is 1. The SMILES string of the molecule is CON=C(C(=O)NC1(SC)CON(C2(C(=O)OC(c3ccccc3)c3ccccc3)CCC(=O)O2)C1=O)c1csc(NC(=O)CCl)n1. The van der Waals surface area contributed by atoms with Crippen molar-refractivity contribution in [3.63, 3.8) is 0 Å². The fourth-order valence-corrected chi connectivity index (χ4v) is 6.24. The molecule has 47 heavy (non-hydrogen) atoms. The number of esters is 2. The van der Waals surface area contributed by atoms with Crippen LogP contribution in [0.1, 0.15) is 35.8 Å². The summed E-state index contributed by atoms with van der Waals surface area (Å²) in [5, 5.41) is 11.1. The van der Waals surface area contributed by atoms with Gasteiger partial charge in [0.1, 0.15) is 25.3 Å². The highest BCUT2D eigenvalue weighted by atomic mass is 35.5. The van der Waals surface area contributed by atoms with Crippen molar-refractivity contribution in [2.24, 2.45) is 5.16 Å². The highest BCUT2D eigenvalue weighted by molar-refractivity contribution is 8.00. The van der Waals surface area contributed by atoms with Gasteiger partial charge in [0.05, 0.1) is 6.42 Å². The van der Waals surface area contributed by atoms with Crippen molar-refractivity contribution in [3.05, 3.63) is 82.9 Å². The number of anilines is 1. The van der Waals surface area contributed by atoms with E-state index in [1.807, 2.05) is 12.1 Å². The van der Waals surface area contributed by atoms with Crippen LogP contribution in [-0.4, -0.2) is 81.9 Å². The lowest BCUT2D eigenvalue weighted by molar-refractivity contribution is -0.260. The molecule has 0 bridgehead atoms. The second kappa shape index (κ2) is 14.5. The van der Waals surface area contributed by atoms with Crippen LogP contribution < -0.4 is 10.6 Å². The van der Waals surface area contributed by atoms with E-state index in [-0.39, 0.29) is 35.3 Å². The number of halogens is 1. The van der Waals surface area contributed by atoms with Crippen LogP contribution in [0.25, 0.3) is 0 Å². The Morgan fingerprint density at radius 3 is 2.34 bits per heavy atom. The lowest BCUT2D eigenvalue weighted by Gasteiger charge is -2.34. The fraction of sp³-hybridized carbons (Fsp3) is 0.300. The van der Waals surface area contributed by atoms with Crippen LogP contribution in [0, 0.1) is 0 Å². The molecule has 3 aromatic rings. The zero-order chi connectivity index (χ0) is 33.6. The number of nitrogens with one attached hydrogen (secondary N) is 2. The summed E-state index contributed by atoms with van der Waals surface area (Å²) >= 11 is 7.47. The third kappa shape index (κ3) is 6.95. The Kier molecular flexibility index (Phi) is 10.4. The minimum absolute atomic E-state index is 0.0383. The summed E-state index contributed by atoms with van der Waals surface area (Å²) in [6.07, 6.45) is 0.192. The molecule has 3 amide bonds. The number of hydroxylamine groups is 2. The quantitative estimate of drug-likeness (QED) is 0.0934. The Morgan fingerprint density at radius 2 is 1.79 bits per heavy atom. The second-order valence-corrected chi connectivity index (χ2v) is 12.3. The normalized spacial score (nSPS) is 21.0. The standard InChI is InChI=1S/C30H28ClN5O9S2/c1-42-35-23(20-16-47-28(32-20)33-21(37)15-31)25(39)34-29(46-2)17-43-36(26(29)40)30(14-13-22(38)45-30)27(41)44-24(18-9-5-3-6-10-18)19-11-7-4-8-12-19/h3-12,16,24H,13-15,17H2,1-2H3,(H,34,39)(H,32,33,37). The summed E-state index contributed by atoms with van der Waals surface area (Å²) in [6, 6.07) is 17.9. The van der Waals surface area contributed by atoms with E-state index in [9.17, 15) is 24.0 Å². The van der Waals surface area contributed by atoms with Crippen molar-refractivity contribution in [3.8, 4) is 0 Å². The van der Waals surface area contributed by atoms with Gasteiger partial charge < -0.3 is 24.9 Å². The van der Waals surface area contributed by atoms with Gasteiger partial charge in [-0.25, -0.2) is 9.78 Å². The maximum Gasteiger partial charge on any atom is 0.376 e. The number of oxime groups is 1. The van der Waals surface area contributed by atoms with Crippen molar-refractivity contribution < 1.29 is 43.1 Å². The number of amides is 3. The maximum atomic E-state index is 14.1. The molecule has 5 rings (SSSR count). The van der Waals surface area contributed by atoms with Gasteiger partial charge in [-0.05, 0) is 17.4 Å². The van der Waals surface area contributed by atoms with Gasteiger partial charge in [0.15, 0.2) is 21.8 Å². The number of carbonyl (C=O) groups is 5. The van der Waals surface area contributed by atoms with Gasteiger partial charge in [-0.3, -0.25) is 24.0 Å². The van der Waals surface area contributed by atoms with Crippen molar-refractivity contribution >= 4 is 75.2 Å². The summed E-state index contributed by atoms with van der Waals surface area (Å²) in [7, 11) is 1.22. The molecule has 2 atom stereocenters. The Hall–Kier alpha value is -4.51. The number of hydrogen-bond donors (Lipinski definition) is 2. The molecule has 0 aliphatic carbocycles. The van der Waals surface area contributed by atoms with E-state index in [1.54, 1.807) is 54.8 Å². The number of cyclic esters (lactones) is 1. The summed E-state index contributed by atoms with van der Waals surface area (Å²) in [5.41, 5.74) is -1.26. The lowest BCUT2D eigenvalue weighted by Crippen LogP contribution is -2.61. The lowest BCUT2D eigenvalue weighted by atomic mass is 10.0. The van der Waals surface area contributed by atoms with Crippen LogP contribution in [0.4, 0.5) is 5.13 Å². The molecule has 2 aliphatic rings. The first-order chi connectivity index (χ1) is 22.7. The molecule has 2 saturated heterocycles. The molecule has 2 unspecified atom stereocenters. The largest absolute Gasteiger partial charge is 0.448 e. The number of thioether (sulfide) groups is 1. The van der Waals surface area contributed by atoms with Crippen molar-refractivity contribution in [2.75, 3.05) is 31.2 Å². The number of rotatable bonds is 12. The zero-order valence-electron chi connectivity index (χ0n) is 25.0. The number of benzene rings is 2. The van der Waals surface area contributed by atoms with E-state index in [0.29, 0.717) is 16.2 Å². The van der Waals surface area contributed by atoms with Crippen LogP contribution in [0.2, 0.25) is 0 Å². The molecule has 2 N–H and O–H groups in total. The number of hydrogen-bond acceptors (Lipinski definition) is 13. The Morgan fingerprint density at radius 1 is 1.13 bits per heavy atom. The van der Waals surface area contributed by atoms with Crippen LogP contribution >= 0.6 is 34.7 Å². The molecule has 17 heteroatoms. The number of carbonyl (C=O) groups excluding carboxylic acids is 5. The third-order valence-electron chi connectivity index (χ3n) is 7.13. The van der Waals surface area contributed by atoms with Gasteiger partial charge in [0.2, 0.25) is 5.91 Å². The summed E-state index contributed by atoms with van der Waals surface area (Å²) in [4.78, 5) is 78.9. The van der Waals surface area contributed by atoms with Crippen LogP contribution in [0.15, 0.2) is 71.2 Å². The first-order valence-electron chi connectivity index (χ1n) is 14.0. The third-order valence-corrected chi connectivity index (χ3v) is 9.22. The van der Waals surface area contributed by atoms with Crippen LogP contribution in [-0.2, 0) is 43.1 Å². The molecule has 1 aromatic heterocycles. The van der Waals surface area contributed by atoms with Crippen molar-refractivity contribution in [2.45, 2.75) is 29.5 Å². The average Bonchev–Trinajstić information content (AvgIpc) is 3.81. The molecule has 14 nitrogen and oxygen atoms in total. The number of ether oxygens (including phenoxy) is 2. The molecule has 0 saturated carbocycles. The van der Waals surface area contributed by atoms with E-state index < -0.39 is 53.0 Å². The zero-order valence-corrected chi connectivity index (χ0v) is 27.4. The molecule has 2 aromatic carbocycles. The number of aromatic nitrogens is 1. The molecule has 0 radical (unpaired) electrons. The van der Waals surface area contributed by atoms with E-state index in [1.165, 1.54) is 12.5 Å². The first kappa shape index (κ1) is 33.8. The number of alkyl halides is 1. The second-order valence-electron chi connectivity index (χ2n) is 10.1. The predicted octanol–water partition coefficient (Wildman–Crippen LogP) is 2.99. The molecule has 0 spiro atoms. The Labute approximate surface area is 281 Å². The monoisotopic (exact) mass is 701 g/mol. The highest BCUT2D eigenvalue weighted by Crippen LogP contribution is 2.41. The molecule has 2 fully saturated rings. The summed E-state index contributed by atoms with van der Waals surface area (Å²) in [6.45, 7) is -0.444. The Balaban J connectivity index is 1.41. The van der Waals surface area contributed by atoms with Gasteiger partial charge in [0, 0.05) is 11.8 Å². The molecular weight excluding hydrogens is 674 g/mol. The van der Waals surface area contributed by atoms with E-state index in [0.717, 1.165) is 23.1 Å². The summed E-state index contributed by atoms with van der Waals surface area (Å²) < 4.78 is 11.5. The van der Waals surface area contributed by atoms with E-state index in [4.69, 9.17) is 30.7 Å². The Bertz CT molecular complexity index is 1650. The smallest absolute Gasteiger partial charge is 0.376 e. The molecule has 2 aliphatic heterocycles. The van der Waals surface area contributed by atoms with Crippen LogP contribution in [0.3, 0.4) is 0 Å². The van der Waals surface area contributed by atoms with Gasteiger partial charge in [-0.2, -0.15) is 5.06 Å². The molecule has 246 valence electrons. The van der Waals surface area contributed by atoms with Crippen molar-refractivity contribution in [1.29, 1.82) is 0 Å². The van der Waals surface area contributed by atoms with Gasteiger partial charge in [-0.15, -0.1) is 34.7 Å². The number of nitrogens with zero attached hydrogens (tertiary/aromatic N) is 3. The average molecular weight is 702 g/mol. The van der Waals surface area contributed by atoms with Crippen molar-refractivity contribution in [1.82, 2.24) is 15.4 Å². The first-order valence-corrected chi connectivity index (χ1v) is 16.6. The van der Waals surface area contributed by atoms with Gasteiger partial charge in [-0.1, -0.05) is 65.8 Å². The summed E-state index contributed by atoms with van der Waals surface area (Å²) in [5.74, 6) is -4.34.